The van der Waals surface area contributed by atoms with Gasteiger partial charge < -0.3 is 4.57 Å². The molecule has 0 bridgehead atoms. The standard InChI is InChI=1S/C48H32N4S/c1-48(2)36-22-12-9-20-33(36)41-37(48)27-25-32-31-19-10-13-23-38(31)52(43(32)41)39-28-26-35(44-42(39)34-21-11-14-24-40(34)53-44)47-50-45(29-15-5-3-6-16-29)49-46(51-47)30-17-7-4-8-18-30/h3-28H,1-2H3. The molecule has 4 nitrogen and oxygen atoms in total. The fourth-order valence-corrected chi connectivity index (χ4v) is 9.83. The summed E-state index contributed by atoms with van der Waals surface area (Å²) in [7, 11) is 0. The van der Waals surface area contributed by atoms with Crippen molar-refractivity contribution in [3.63, 3.8) is 0 Å². The zero-order chi connectivity index (χ0) is 35.3. The van der Waals surface area contributed by atoms with Crippen LogP contribution in [0.4, 0.5) is 0 Å². The van der Waals surface area contributed by atoms with Gasteiger partial charge in [0.2, 0.25) is 0 Å². The Morgan fingerprint density at radius 2 is 1.11 bits per heavy atom. The number of aromatic nitrogens is 4. The van der Waals surface area contributed by atoms with Crippen molar-refractivity contribution in [1.82, 2.24) is 19.5 Å². The van der Waals surface area contributed by atoms with E-state index in [9.17, 15) is 0 Å². The summed E-state index contributed by atoms with van der Waals surface area (Å²) in [4.78, 5) is 15.3. The Morgan fingerprint density at radius 1 is 0.491 bits per heavy atom. The topological polar surface area (TPSA) is 43.6 Å². The molecular weight excluding hydrogens is 665 g/mol. The molecule has 0 N–H and O–H groups in total. The number of hydrogen-bond donors (Lipinski definition) is 0. The second-order valence-corrected chi connectivity index (χ2v) is 15.4. The number of rotatable bonds is 4. The molecular formula is C48H32N4S. The van der Waals surface area contributed by atoms with Crippen molar-refractivity contribution in [2.24, 2.45) is 0 Å². The summed E-state index contributed by atoms with van der Waals surface area (Å²) >= 11 is 1.81. The van der Waals surface area contributed by atoms with Crippen LogP contribution in [-0.2, 0) is 5.41 Å². The number of hydrogen-bond acceptors (Lipinski definition) is 4. The quantitative estimate of drug-likeness (QED) is 0.184. The van der Waals surface area contributed by atoms with E-state index in [1.54, 1.807) is 0 Å². The van der Waals surface area contributed by atoms with Crippen molar-refractivity contribution >= 4 is 53.3 Å². The first-order chi connectivity index (χ1) is 26.1. The highest BCUT2D eigenvalue weighted by molar-refractivity contribution is 7.26. The van der Waals surface area contributed by atoms with Gasteiger partial charge in [-0.3, -0.25) is 0 Å². The molecule has 1 aliphatic carbocycles. The average Bonchev–Trinajstić information content (AvgIpc) is 3.84. The summed E-state index contributed by atoms with van der Waals surface area (Å²) in [6, 6.07) is 56.2. The monoisotopic (exact) mass is 696 g/mol. The second kappa shape index (κ2) is 11.3. The second-order valence-electron chi connectivity index (χ2n) is 14.4. The Balaban J connectivity index is 1.25. The third kappa shape index (κ3) is 4.38. The lowest BCUT2D eigenvalue weighted by Gasteiger charge is -2.21. The number of fused-ring (bicyclic) bond motifs is 10. The van der Waals surface area contributed by atoms with Crippen LogP contribution in [0.5, 0.6) is 0 Å². The van der Waals surface area contributed by atoms with Gasteiger partial charge in [-0.25, -0.2) is 15.0 Å². The third-order valence-electron chi connectivity index (χ3n) is 11.1. The fourth-order valence-electron chi connectivity index (χ4n) is 8.59. The van der Waals surface area contributed by atoms with Crippen molar-refractivity contribution in [3.8, 4) is 51.0 Å². The molecule has 7 aromatic carbocycles. The summed E-state index contributed by atoms with van der Waals surface area (Å²) in [5.74, 6) is 1.98. The highest BCUT2D eigenvalue weighted by Crippen LogP contribution is 2.53. The SMILES string of the molecule is CC1(C)c2ccccc2-c2c1ccc1c3ccccc3n(-c3ccc(-c4nc(-c5ccccc5)nc(-c5ccccc5)n4)c4sc5ccccc5c34)c21. The van der Waals surface area contributed by atoms with E-state index in [4.69, 9.17) is 15.0 Å². The largest absolute Gasteiger partial charge is 0.308 e. The first-order valence-corrected chi connectivity index (χ1v) is 18.9. The maximum atomic E-state index is 5.18. The summed E-state index contributed by atoms with van der Waals surface area (Å²) in [6.45, 7) is 4.72. The summed E-state index contributed by atoms with van der Waals surface area (Å²) < 4.78 is 4.92. The molecule has 5 heteroatoms. The zero-order valence-corrected chi connectivity index (χ0v) is 30.0. The normalized spacial score (nSPS) is 13.2. The Morgan fingerprint density at radius 3 is 1.87 bits per heavy atom. The van der Waals surface area contributed by atoms with E-state index < -0.39 is 0 Å². The minimum absolute atomic E-state index is 0.110. The van der Waals surface area contributed by atoms with Crippen molar-refractivity contribution < 1.29 is 0 Å². The predicted octanol–water partition coefficient (Wildman–Crippen LogP) is 12.6. The summed E-state index contributed by atoms with van der Waals surface area (Å²) in [6.07, 6.45) is 0. The van der Waals surface area contributed by atoms with Crippen molar-refractivity contribution in [1.29, 1.82) is 0 Å². The molecule has 0 fully saturated rings. The number of para-hydroxylation sites is 1. The molecule has 1 aliphatic rings. The van der Waals surface area contributed by atoms with Gasteiger partial charge in [-0.05, 0) is 41.0 Å². The van der Waals surface area contributed by atoms with Crippen LogP contribution in [0, 0.1) is 0 Å². The fraction of sp³-hybridized carbons (Fsp3) is 0.0625. The van der Waals surface area contributed by atoms with Gasteiger partial charge in [-0.2, -0.15) is 0 Å². The zero-order valence-electron chi connectivity index (χ0n) is 29.2. The van der Waals surface area contributed by atoms with Gasteiger partial charge >= 0.3 is 0 Å². The molecule has 0 saturated carbocycles. The van der Waals surface area contributed by atoms with Gasteiger partial charge in [0.1, 0.15) is 0 Å². The molecule has 10 aromatic rings. The van der Waals surface area contributed by atoms with Crippen LogP contribution in [0.15, 0.2) is 158 Å². The van der Waals surface area contributed by atoms with E-state index in [0.717, 1.165) is 27.1 Å². The predicted molar refractivity (Wildman–Crippen MR) is 221 cm³/mol. The lowest BCUT2D eigenvalue weighted by Crippen LogP contribution is -2.14. The van der Waals surface area contributed by atoms with Gasteiger partial charge in [-0.15, -0.1) is 11.3 Å². The van der Waals surface area contributed by atoms with E-state index in [1.807, 2.05) is 47.7 Å². The van der Waals surface area contributed by atoms with E-state index in [1.165, 1.54) is 59.5 Å². The van der Waals surface area contributed by atoms with Crippen LogP contribution in [-0.4, -0.2) is 19.5 Å². The summed E-state index contributed by atoms with van der Waals surface area (Å²) in [5, 5.41) is 4.95. The van der Waals surface area contributed by atoms with E-state index >= 15 is 0 Å². The molecule has 0 aliphatic heterocycles. The van der Waals surface area contributed by atoms with Crippen LogP contribution in [0.2, 0.25) is 0 Å². The first-order valence-electron chi connectivity index (χ1n) is 18.0. The molecule has 3 heterocycles. The number of nitrogens with zero attached hydrogens (tertiary/aromatic N) is 4. The highest BCUT2D eigenvalue weighted by atomic mass is 32.1. The summed E-state index contributed by atoms with van der Waals surface area (Å²) in [5.41, 5.74) is 11.8. The van der Waals surface area contributed by atoms with Crippen molar-refractivity contribution in [3.05, 3.63) is 169 Å². The maximum Gasteiger partial charge on any atom is 0.165 e. The van der Waals surface area contributed by atoms with Crippen molar-refractivity contribution in [2.75, 3.05) is 0 Å². The lowest BCUT2D eigenvalue weighted by molar-refractivity contribution is 0.661. The van der Waals surface area contributed by atoms with Gasteiger partial charge in [0.25, 0.3) is 0 Å². The molecule has 11 rings (SSSR count). The van der Waals surface area contributed by atoms with Crippen LogP contribution >= 0.6 is 11.3 Å². The highest BCUT2D eigenvalue weighted by Gasteiger charge is 2.37. The van der Waals surface area contributed by atoms with Gasteiger partial charge in [0.15, 0.2) is 17.5 Å². The third-order valence-corrected chi connectivity index (χ3v) is 12.3. The molecule has 0 spiro atoms. The number of thiophene rings is 1. The Kier molecular flexibility index (Phi) is 6.43. The Labute approximate surface area is 310 Å². The van der Waals surface area contributed by atoms with Crippen LogP contribution in [0.1, 0.15) is 25.0 Å². The molecule has 3 aromatic heterocycles. The minimum atomic E-state index is -0.110. The maximum absolute atomic E-state index is 5.18. The van der Waals surface area contributed by atoms with Crippen LogP contribution in [0.25, 0.3) is 93.0 Å². The number of benzene rings is 7. The van der Waals surface area contributed by atoms with Crippen molar-refractivity contribution in [2.45, 2.75) is 19.3 Å². The van der Waals surface area contributed by atoms with E-state index in [2.05, 4.69) is 140 Å². The molecule has 0 atom stereocenters. The molecule has 0 radical (unpaired) electrons. The Hall–Kier alpha value is -6.43. The van der Waals surface area contributed by atoms with Gasteiger partial charge in [0.05, 0.1) is 16.7 Å². The molecule has 0 saturated heterocycles. The Bertz CT molecular complexity index is 3020. The van der Waals surface area contributed by atoms with Crippen LogP contribution < -0.4 is 0 Å². The van der Waals surface area contributed by atoms with E-state index in [0.29, 0.717) is 17.5 Å². The van der Waals surface area contributed by atoms with Gasteiger partial charge in [0, 0.05) is 58.6 Å². The lowest BCUT2D eigenvalue weighted by atomic mass is 9.82. The molecule has 250 valence electrons. The van der Waals surface area contributed by atoms with Gasteiger partial charge in [-0.1, -0.05) is 147 Å². The van der Waals surface area contributed by atoms with Crippen LogP contribution in [0.3, 0.4) is 0 Å². The molecule has 0 unspecified atom stereocenters. The first kappa shape index (κ1) is 30.2. The average molecular weight is 697 g/mol. The molecule has 0 amide bonds. The molecule has 53 heavy (non-hydrogen) atoms. The van der Waals surface area contributed by atoms with E-state index in [-0.39, 0.29) is 5.41 Å². The minimum Gasteiger partial charge on any atom is -0.308 e. The smallest absolute Gasteiger partial charge is 0.165 e.